The van der Waals surface area contributed by atoms with Gasteiger partial charge < -0.3 is 10.2 Å². The largest absolute Gasteiger partial charge is 0.356 e. The first-order chi connectivity index (χ1) is 18.6. The van der Waals surface area contributed by atoms with E-state index in [-0.39, 0.29) is 11.9 Å². The van der Waals surface area contributed by atoms with E-state index in [1.165, 1.54) is 0 Å². The van der Waals surface area contributed by atoms with Crippen LogP contribution in [0.3, 0.4) is 0 Å². The Kier molecular flexibility index (Phi) is 6.06. The number of rotatable bonds is 5. The van der Waals surface area contributed by atoms with Crippen molar-refractivity contribution in [3.05, 3.63) is 90.6 Å². The number of carbonyl (C=O) groups is 1. The molecule has 0 spiro atoms. The second kappa shape index (κ2) is 9.82. The summed E-state index contributed by atoms with van der Waals surface area (Å²) >= 11 is 0. The number of benzene rings is 1. The molecule has 2 N–H and O–H groups in total. The normalized spacial score (nSPS) is 13.9. The molecule has 4 aromatic heterocycles. The number of aromatic amines is 1. The van der Waals surface area contributed by atoms with Crippen molar-refractivity contribution >= 4 is 17.2 Å². The Labute approximate surface area is 220 Å². The summed E-state index contributed by atoms with van der Waals surface area (Å²) in [5, 5.41) is 20.4. The number of nitriles is 1. The van der Waals surface area contributed by atoms with E-state index in [1.54, 1.807) is 10.7 Å². The summed E-state index contributed by atoms with van der Waals surface area (Å²) in [7, 11) is 1.94. The second-order valence-electron chi connectivity index (χ2n) is 9.58. The molecule has 1 aromatic carbocycles. The number of aromatic nitrogens is 5. The number of piperidine rings is 1. The van der Waals surface area contributed by atoms with Crippen LogP contribution in [0.4, 0.5) is 5.82 Å². The van der Waals surface area contributed by atoms with Gasteiger partial charge in [0.15, 0.2) is 7.05 Å². The zero-order chi connectivity index (χ0) is 26.1. The van der Waals surface area contributed by atoms with Crippen molar-refractivity contribution in [2.45, 2.75) is 18.9 Å². The molecule has 1 aliphatic heterocycles. The Balaban J connectivity index is 1.21. The fourth-order valence-corrected chi connectivity index (χ4v) is 5.04. The number of H-pyrrole nitrogens is 1. The molecule has 6 rings (SSSR count). The van der Waals surface area contributed by atoms with Crippen molar-refractivity contribution in [1.29, 1.82) is 5.26 Å². The molecule has 0 unspecified atom stereocenters. The van der Waals surface area contributed by atoms with Gasteiger partial charge >= 0.3 is 0 Å². The minimum Gasteiger partial charge on any atom is -0.356 e. The molecular formula is C29H27N8O+. The SMILES string of the molecule is C[n+]1cc(-c2cc(-c3ccc(N4CCC(NC(=O)c5ccccc5)CC4)nc3)c3c(C#N)cnn3c2)c[nH]1. The summed E-state index contributed by atoms with van der Waals surface area (Å²) in [5.41, 5.74) is 5.81. The van der Waals surface area contributed by atoms with Gasteiger partial charge in [-0.25, -0.2) is 9.50 Å². The topological polar surface area (TPSA) is 106 Å². The predicted octanol–water partition coefficient (Wildman–Crippen LogP) is 3.49. The lowest BCUT2D eigenvalue weighted by Crippen LogP contribution is -2.44. The van der Waals surface area contributed by atoms with Gasteiger partial charge in [0.2, 0.25) is 6.20 Å². The molecule has 38 heavy (non-hydrogen) atoms. The lowest BCUT2D eigenvalue weighted by atomic mass is 10.0. The molecule has 5 heterocycles. The van der Waals surface area contributed by atoms with E-state index in [0.29, 0.717) is 11.1 Å². The van der Waals surface area contributed by atoms with Crippen LogP contribution in [0.1, 0.15) is 28.8 Å². The Hall–Kier alpha value is -4.97. The van der Waals surface area contributed by atoms with Crippen molar-refractivity contribution in [3.8, 4) is 28.3 Å². The number of nitrogens with zero attached hydrogens (tertiary/aromatic N) is 6. The van der Waals surface area contributed by atoms with E-state index in [2.05, 4.69) is 38.6 Å². The molecule has 9 nitrogen and oxygen atoms in total. The van der Waals surface area contributed by atoms with Gasteiger partial charge in [0.1, 0.15) is 11.9 Å². The van der Waals surface area contributed by atoms with Gasteiger partial charge in [0.05, 0.1) is 29.0 Å². The first-order valence-corrected chi connectivity index (χ1v) is 12.6. The van der Waals surface area contributed by atoms with Gasteiger partial charge in [-0.2, -0.15) is 15.5 Å². The third kappa shape index (κ3) is 4.48. The van der Waals surface area contributed by atoms with Crippen molar-refractivity contribution in [3.63, 3.8) is 0 Å². The highest BCUT2D eigenvalue weighted by Crippen LogP contribution is 2.32. The average molecular weight is 504 g/mol. The second-order valence-corrected chi connectivity index (χ2v) is 9.58. The van der Waals surface area contributed by atoms with Crippen LogP contribution in [0, 0.1) is 11.3 Å². The van der Waals surface area contributed by atoms with E-state index >= 15 is 0 Å². The number of hydrogen-bond donors (Lipinski definition) is 2. The Morgan fingerprint density at radius 3 is 2.61 bits per heavy atom. The minimum atomic E-state index is -0.0231. The molecule has 1 aliphatic rings. The minimum absolute atomic E-state index is 0.0231. The smallest absolute Gasteiger partial charge is 0.251 e. The summed E-state index contributed by atoms with van der Waals surface area (Å²) in [6.45, 7) is 1.63. The first kappa shape index (κ1) is 23.4. The Bertz CT molecular complexity index is 1640. The highest BCUT2D eigenvalue weighted by molar-refractivity contribution is 5.94. The van der Waals surface area contributed by atoms with Crippen LogP contribution in [0.25, 0.3) is 27.8 Å². The molecule has 1 saturated heterocycles. The monoisotopic (exact) mass is 503 g/mol. The van der Waals surface area contributed by atoms with E-state index in [4.69, 9.17) is 4.98 Å². The molecule has 5 aromatic rings. The summed E-state index contributed by atoms with van der Waals surface area (Å²) in [4.78, 5) is 19.5. The van der Waals surface area contributed by atoms with E-state index < -0.39 is 0 Å². The first-order valence-electron chi connectivity index (χ1n) is 12.6. The van der Waals surface area contributed by atoms with Gasteiger partial charge in [-0.15, -0.1) is 4.68 Å². The number of hydrogen-bond acceptors (Lipinski definition) is 5. The molecule has 188 valence electrons. The standard InChI is InChI=1S/C29H26N8O/c1-35-18-24(17-32-35)22-13-26(28-23(14-30)16-33-37(28)19-22)21-7-8-27(31-15-21)36-11-9-25(10-12-36)34-29(38)20-5-3-2-4-6-20/h2-8,13,15-19,25H,9-12H2,1H3,(H,34,38)/p+1. The molecule has 1 fully saturated rings. The van der Waals surface area contributed by atoms with Crippen LogP contribution in [0.5, 0.6) is 0 Å². The number of fused-ring (bicyclic) bond motifs is 1. The average Bonchev–Trinajstić information content (AvgIpc) is 3.59. The zero-order valence-corrected chi connectivity index (χ0v) is 21.0. The predicted molar refractivity (Wildman–Crippen MR) is 143 cm³/mol. The van der Waals surface area contributed by atoms with Crippen molar-refractivity contribution in [2.75, 3.05) is 18.0 Å². The van der Waals surface area contributed by atoms with Crippen LogP contribution < -0.4 is 14.9 Å². The maximum atomic E-state index is 12.5. The van der Waals surface area contributed by atoms with Gasteiger partial charge in [-0.1, -0.05) is 18.2 Å². The Morgan fingerprint density at radius 2 is 1.92 bits per heavy atom. The van der Waals surface area contributed by atoms with Crippen molar-refractivity contribution < 1.29 is 9.48 Å². The molecule has 9 heteroatoms. The van der Waals surface area contributed by atoms with Crippen molar-refractivity contribution in [2.24, 2.45) is 7.05 Å². The van der Waals surface area contributed by atoms with Crippen LogP contribution >= 0.6 is 0 Å². The maximum absolute atomic E-state index is 12.5. The number of carbonyl (C=O) groups excluding carboxylic acids is 1. The molecular weight excluding hydrogens is 476 g/mol. The molecule has 0 bridgehead atoms. The number of aryl methyl sites for hydroxylation is 1. The van der Waals surface area contributed by atoms with Gasteiger partial charge in [0.25, 0.3) is 5.91 Å². The zero-order valence-electron chi connectivity index (χ0n) is 21.0. The van der Waals surface area contributed by atoms with Gasteiger partial charge in [-0.05, 0) is 43.2 Å². The molecule has 0 radical (unpaired) electrons. The van der Waals surface area contributed by atoms with Crippen LogP contribution in [-0.2, 0) is 7.05 Å². The molecule has 0 aliphatic carbocycles. The van der Waals surface area contributed by atoms with E-state index in [1.807, 2.05) is 72.9 Å². The molecule has 1 amide bonds. The summed E-state index contributed by atoms with van der Waals surface area (Å²) in [5.74, 6) is 0.880. The third-order valence-electron chi connectivity index (χ3n) is 7.07. The van der Waals surface area contributed by atoms with Crippen LogP contribution in [0.2, 0.25) is 0 Å². The lowest BCUT2D eigenvalue weighted by molar-refractivity contribution is -0.726. The number of pyridine rings is 2. The van der Waals surface area contributed by atoms with Gasteiger partial charge in [-0.3, -0.25) is 4.79 Å². The fourth-order valence-electron chi connectivity index (χ4n) is 5.04. The fraction of sp³-hybridized carbons (Fsp3) is 0.207. The van der Waals surface area contributed by atoms with Crippen molar-refractivity contribution in [1.82, 2.24) is 25.0 Å². The van der Waals surface area contributed by atoms with Gasteiger partial charge in [0, 0.05) is 53.8 Å². The van der Waals surface area contributed by atoms with Crippen LogP contribution in [0.15, 0.2) is 79.5 Å². The molecule has 0 saturated carbocycles. The molecule has 0 atom stereocenters. The number of amides is 1. The quantitative estimate of drug-likeness (QED) is 0.357. The number of nitrogens with one attached hydrogen (secondary N) is 2. The highest BCUT2D eigenvalue weighted by atomic mass is 16.1. The van der Waals surface area contributed by atoms with E-state index in [9.17, 15) is 10.1 Å². The summed E-state index contributed by atoms with van der Waals surface area (Å²) < 4.78 is 3.65. The number of anilines is 1. The maximum Gasteiger partial charge on any atom is 0.251 e. The summed E-state index contributed by atoms with van der Waals surface area (Å²) in [6.07, 6.45) is 11.1. The highest BCUT2D eigenvalue weighted by Gasteiger charge is 2.22. The van der Waals surface area contributed by atoms with Crippen LogP contribution in [-0.4, -0.2) is 44.7 Å². The Morgan fingerprint density at radius 1 is 1.11 bits per heavy atom. The third-order valence-corrected chi connectivity index (χ3v) is 7.07. The summed E-state index contributed by atoms with van der Waals surface area (Å²) in [6, 6.07) is 17.9. The lowest BCUT2D eigenvalue weighted by Gasteiger charge is -2.33. The van der Waals surface area contributed by atoms with E-state index in [0.717, 1.165) is 59.5 Å².